The quantitative estimate of drug-likeness (QED) is 0.428. The molecule has 5 rings (SSSR count). The predicted molar refractivity (Wildman–Crippen MR) is 127 cm³/mol. The van der Waals surface area contributed by atoms with E-state index in [2.05, 4.69) is 14.9 Å². The number of hydrogen-bond acceptors (Lipinski definition) is 4. The minimum absolute atomic E-state index is 0.0449. The van der Waals surface area contributed by atoms with Gasteiger partial charge in [-0.25, -0.2) is 9.97 Å². The summed E-state index contributed by atoms with van der Waals surface area (Å²) in [5, 5.41) is 0.900. The Balaban J connectivity index is 1.41. The largest absolute Gasteiger partial charge is 0.416 e. The van der Waals surface area contributed by atoms with Crippen molar-refractivity contribution in [2.24, 2.45) is 5.73 Å². The second-order valence-electron chi connectivity index (χ2n) is 8.81. The Labute approximate surface area is 200 Å². The summed E-state index contributed by atoms with van der Waals surface area (Å²) < 4.78 is 41.0. The van der Waals surface area contributed by atoms with Crippen LogP contribution in [-0.2, 0) is 23.9 Å². The van der Waals surface area contributed by atoms with Gasteiger partial charge in [0.25, 0.3) is 0 Å². The predicted octanol–water partition coefficient (Wildman–Crippen LogP) is 4.87. The van der Waals surface area contributed by atoms with Gasteiger partial charge in [0.1, 0.15) is 17.8 Å². The maximum Gasteiger partial charge on any atom is 0.416 e. The number of aromatic nitrogens is 3. The van der Waals surface area contributed by atoms with Crippen molar-refractivity contribution in [2.75, 3.05) is 11.4 Å². The first kappa shape index (κ1) is 22.9. The first-order chi connectivity index (χ1) is 16.8. The van der Waals surface area contributed by atoms with Crippen molar-refractivity contribution in [1.29, 1.82) is 0 Å². The highest BCUT2D eigenvalue weighted by Gasteiger charge is 2.32. The molecule has 1 amide bonds. The van der Waals surface area contributed by atoms with Crippen molar-refractivity contribution >= 4 is 22.8 Å². The van der Waals surface area contributed by atoms with Crippen molar-refractivity contribution in [3.8, 4) is 0 Å². The van der Waals surface area contributed by atoms with E-state index in [0.717, 1.165) is 65.1 Å². The molecule has 0 saturated carbocycles. The molecule has 35 heavy (non-hydrogen) atoms. The van der Waals surface area contributed by atoms with Crippen LogP contribution in [0.3, 0.4) is 0 Å². The highest BCUT2D eigenvalue weighted by molar-refractivity contribution is 5.88. The van der Waals surface area contributed by atoms with Crippen LogP contribution in [-0.4, -0.2) is 27.0 Å². The average Bonchev–Trinajstić information content (AvgIpc) is 3.47. The summed E-state index contributed by atoms with van der Waals surface area (Å²) in [5.74, 6) is 0.419. The Morgan fingerprint density at radius 2 is 1.71 bits per heavy atom. The number of amides is 1. The molecule has 1 atom stereocenters. The molecule has 1 saturated heterocycles. The number of carbonyl (C=O) groups excluding carboxylic acids is 1. The molecule has 2 aromatic heterocycles. The third-order valence-electron chi connectivity index (χ3n) is 6.44. The maximum atomic E-state index is 13.0. The second kappa shape index (κ2) is 9.05. The van der Waals surface area contributed by atoms with E-state index in [9.17, 15) is 18.0 Å². The van der Waals surface area contributed by atoms with E-state index in [0.29, 0.717) is 6.54 Å². The molecular weight excluding hydrogens is 455 g/mol. The summed E-state index contributed by atoms with van der Waals surface area (Å²) in [4.78, 5) is 22.3. The van der Waals surface area contributed by atoms with Gasteiger partial charge in [-0.3, -0.25) is 4.79 Å². The lowest BCUT2D eigenvalue weighted by molar-refractivity contribution is -0.137. The first-order valence-electron chi connectivity index (χ1n) is 11.4. The molecule has 0 spiro atoms. The van der Waals surface area contributed by atoms with Crippen LogP contribution in [0.25, 0.3) is 11.0 Å². The molecule has 2 N–H and O–H groups in total. The number of halogens is 3. The van der Waals surface area contributed by atoms with Crippen LogP contribution in [0.5, 0.6) is 0 Å². The number of benzene rings is 2. The Bertz CT molecular complexity index is 1350. The second-order valence-corrected chi connectivity index (χ2v) is 8.81. The monoisotopic (exact) mass is 479 g/mol. The molecule has 0 radical (unpaired) electrons. The normalized spacial score (nSPS) is 16.2. The third-order valence-corrected chi connectivity index (χ3v) is 6.44. The van der Waals surface area contributed by atoms with Gasteiger partial charge in [-0.15, -0.1) is 0 Å². The lowest BCUT2D eigenvalue weighted by atomic mass is 10.0. The number of fused-ring (bicyclic) bond motifs is 1. The van der Waals surface area contributed by atoms with Gasteiger partial charge in [-0.2, -0.15) is 13.2 Å². The van der Waals surface area contributed by atoms with E-state index in [-0.39, 0.29) is 18.4 Å². The minimum Gasteiger partial charge on any atom is -0.369 e. The number of nitrogens with two attached hydrogens (primary N) is 1. The molecule has 1 fully saturated rings. The smallest absolute Gasteiger partial charge is 0.369 e. The van der Waals surface area contributed by atoms with Crippen LogP contribution in [0.2, 0.25) is 0 Å². The molecule has 9 heteroatoms. The van der Waals surface area contributed by atoms with Gasteiger partial charge in [0.2, 0.25) is 5.91 Å². The zero-order valence-electron chi connectivity index (χ0n) is 18.9. The van der Waals surface area contributed by atoms with E-state index in [1.807, 2.05) is 41.1 Å². The molecule has 1 aliphatic rings. The minimum atomic E-state index is -4.35. The van der Waals surface area contributed by atoms with Crippen molar-refractivity contribution in [1.82, 2.24) is 14.5 Å². The van der Waals surface area contributed by atoms with Crippen molar-refractivity contribution in [2.45, 2.75) is 38.0 Å². The van der Waals surface area contributed by atoms with Crippen LogP contribution in [0, 0.1) is 0 Å². The number of anilines is 1. The fourth-order valence-corrected chi connectivity index (χ4v) is 4.77. The summed E-state index contributed by atoms with van der Waals surface area (Å²) in [5.41, 5.74) is 8.17. The topological polar surface area (TPSA) is 77.0 Å². The molecule has 180 valence electrons. The van der Waals surface area contributed by atoms with E-state index >= 15 is 0 Å². The molecule has 4 aromatic rings. The molecular formula is C26H24F3N5O. The highest BCUT2D eigenvalue weighted by Crippen LogP contribution is 2.39. The van der Waals surface area contributed by atoms with Crippen molar-refractivity contribution in [3.05, 3.63) is 89.4 Å². The molecule has 3 heterocycles. The zero-order chi connectivity index (χ0) is 24.6. The van der Waals surface area contributed by atoms with E-state index in [1.54, 1.807) is 12.1 Å². The number of alkyl halides is 3. The van der Waals surface area contributed by atoms with Gasteiger partial charge in [-0.05, 0) is 47.7 Å². The fourth-order valence-electron chi connectivity index (χ4n) is 4.77. The van der Waals surface area contributed by atoms with Gasteiger partial charge < -0.3 is 15.2 Å². The van der Waals surface area contributed by atoms with Gasteiger partial charge in [-0.1, -0.05) is 36.4 Å². The summed E-state index contributed by atoms with van der Waals surface area (Å²) in [7, 11) is 0. The Morgan fingerprint density at radius 3 is 2.40 bits per heavy atom. The number of primary amides is 1. The Hall–Kier alpha value is -3.88. The standard InChI is InChI=1S/C26H24F3N5O/c27-26(28,29)20-9-7-19(8-10-20)22-2-1-12-34(22)25-21-11-13-33(24(21)31-16-32-25)15-18-5-3-17(4-6-18)14-23(30)35/h3-11,13,16,22H,1-2,12,14-15H2,(H2,30,35)/t22-/m1/s1. The summed E-state index contributed by atoms with van der Waals surface area (Å²) in [6.07, 6.45) is 1.12. The van der Waals surface area contributed by atoms with Crippen LogP contribution in [0.4, 0.5) is 19.0 Å². The lowest BCUT2D eigenvalue weighted by Gasteiger charge is -2.27. The fraction of sp³-hybridized carbons (Fsp3) is 0.269. The van der Waals surface area contributed by atoms with E-state index < -0.39 is 11.7 Å². The molecule has 0 aliphatic carbocycles. The van der Waals surface area contributed by atoms with Crippen LogP contribution in [0.15, 0.2) is 67.1 Å². The zero-order valence-corrected chi connectivity index (χ0v) is 18.9. The van der Waals surface area contributed by atoms with Gasteiger partial charge in [0.15, 0.2) is 0 Å². The molecule has 6 nitrogen and oxygen atoms in total. The number of carbonyl (C=O) groups is 1. The van der Waals surface area contributed by atoms with Crippen molar-refractivity contribution in [3.63, 3.8) is 0 Å². The lowest BCUT2D eigenvalue weighted by Crippen LogP contribution is -2.24. The van der Waals surface area contributed by atoms with Crippen LogP contribution >= 0.6 is 0 Å². The van der Waals surface area contributed by atoms with E-state index in [4.69, 9.17) is 5.73 Å². The molecule has 0 unspecified atom stereocenters. The van der Waals surface area contributed by atoms with Crippen molar-refractivity contribution < 1.29 is 18.0 Å². The van der Waals surface area contributed by atoms with Crippen LogP contribution in [0.1, 0.15) is 41.1 Å². The van der Waals surface area contributed by atoms with E-state index in [1.165, 1.54) is 6.33 Å². The summed E-state index contributed by atoms with van der Waals surface area (Å²) >= 11 is 0. The summed E-state index contributed by atoms with van der Waals surface area (Å²) in [6.45, 7) is 1.36. The van der Waals surface area contributed by atoms with Crippen LogP contribution < -0.4 is 10.6 Å². The molecule has 0 bridgehead atoms. The van der Waals surface area contributed by atoms with Gasteiger partial charge in [0, 0.05) is 19.3 Å². The summed E-state index contributed by atoms with van der Waals surface area (Å²) in [6, 6.07) is 15.1. The Morgan fingerprint density at radius 1 is 1.00 bits per heavy atom. The average molecular weight is 480 g/mol. The SMILES string of the molecule is NC(=O)Cc1ccc(Cn2ccc3c(N4CCC[C@@H]4c4ccc(C(F)(F)F)cc4)ncnc32)cc1. The number of hydrogen-bond donors (Lipinski definition) is 1. The third kappa shape index (κ3) is 4.71. The maximum absolute atomic E-state index is 13.0. The Kier molecular flexibility index (Phi) is 5.92. The highest BCUT2D eigenvalue weighted by atomic mass is 19.4. The first-order valence-corrected chi connectivity index (χ1v) is 11.4. The molecule has 1 aliphatic heterocycles. The number of rotatable bonds is 6. The molecule has 2 aromatic carbocycles. The van der Waals surface area contributed by atoms with Gasteiger partial charge >= 0.3 is 6.18 Å². The number of nitrogens with zero attached hydrogens (tertiary/aromatic N) is 4. The van der Waals surface area contributed by atoms with Gasteiger partial charge in [0.05, 0.1) is 23.4 Å².